The van der Waals surface area contributed by atoms with E-state index >= 15 is 0 Å². The second kappa shape index (κ2) is 6.72. The fraction of sp³-hybridized carbons (Fsp3) is 0.467. The number of aliphatic carboxylic acids is 1. The number of carbonyl (C=O) groups is 2. The minimum absolute atomic E-state index is 0.101. The summed E-state index contributed by atoms with van der Waals surface area (Å²) in [5, 5.41) is 11.6. The van der Waals surface area contributed by atoms with Crippen molar-refractivity contribution < 1.29 is 28.2 Å². The van der Waals surface area contributed by atoms with Crippen molar-refractivity contribution in [1.29, 1.82) is 0 Å². The molecule has 1 aliphatic rings. The van der Waals surface area contributed by atoms with Gasteiger partial charge in [0.05, 0.1) is 11.6 Å². The lowest BCUT2D eigenvalue weighted by Gasteiger charge is -2.16. The van der Waals surface area contributed by atoms with E-state index in [9.17, 15) is 18.4 Å². The van der Waals surface area contributed by atoms with Crippen molar-refractivity contribution in [3.8, 4) is 5.75 Å². The lowest BCUT2D eigenvalue weighted by atomic mass is 10.0. The van der Waals surface area contributed by atoms with E-state index in [0.717, 1.165) is 0 Å². The van der Waals surface area contributed by atoms with Crippen molar-refractivity contribution in [2.45, 2.75) is 32.8 Å². The number of carbonyl (C=O) groups excluding carboxylic acids is 1. The molecule has 1 aliphatic carbocycles. The molecule has 0 bridgehead atoms. The van der Waals surface area contributed by atoms with Crippen molar-refractivity contribution in [1.82, 2.24) is 0 Å². The topological polar surface area (TPSA) is 75.6 Å². The standard InChI is InChI=1S/C15H17F2NO4/c1-8-3-2-4-11(22-15(16)17)12(8)18-13(19)9-5-6-10(7-9)14(20)21/h2-4,9-10,15H,5-7H2,1H3,(H,18,19)(H,20,21)/t9-,10+/m1/s1. The smallest absolute Gasteiger partial charge is 0.387 e. The number of hydrogen-bond donors (Lipinski definition) is 2. The maximum absolute atomic E-state index is 12.4. The molecule has 1 amide bonds. The van der Waals surface area contributed by atoms with Crippen LogP contribution in [0.25, 0.3) is 0 Å². The second-order valence-corrected chi connectivity index (χ2v) is 5.36. The number of benzene rings is 1. The first-order valence-electron chi connectivity index (χ1n) is 6.96. The Labute approximate surface area is 126 Å². The Morgan fingerprint density at radius 1 is 1.32 bits per heavy atom. The van der Waals surface area contributed by atoms with Gasteiger partial charge in [-0.05, 0) is 37.8 Å². The highest BCUT2D eigenvalue weighted by molar-refractivity contribution is 5.95. The average Bonchev–Trinajstić information content (AvgIpc) is 2.92. The number of aryl methyl sites for hydroxylation is 1. The van der Waals surface area contributed by atoms with Crippen LogP contribution < -0.4 is 10.1 Å². The molecule has 7 heteroatoms. The van der Waals surface area contributed by atoms with Crippen LogP contribution in [0, 0.1) is 18.8 Å². The molecule has 0 radical (unpaired) electrons. The molecule has 5 nitrogen and oxygen atoms in total. The molecule has 0 aliphatic heterocycles. The number of halogens is 2. The third-order valence-corrected chi connectivity index (χ3v) is 3.85. The number of anilines is 1. The van der Waals surface area contributed by atoms with E-state index in [1.165, 1.54) is 6.07 Å². The summed E-state index contributed by atoms with van der Waals surface area (Å²) in [6.45, 7) is -1.32. The van der Waals surface area contributed by atoms with Crippen molar-refractivity contribution in [2.24, 2.45) is 11.8 Å². The van der Waals surface area contributed by atoms with Crippen LogP contribution in [0.15, 0.2) is 18.2 Å². The zero-order valence-corrected chi connectivity index (χ0v) is 12.0. The molecule has 0 unspecified atom stereocenters. The number of alkyl halides is 2. The van der Waals surface area contributed by atoms with Crippen LogP contribution in [0.3, 0.4) is 0 Å². The second-order valence-electron chi connectivity index (χ2n) is 5.36. The van der Waals surface area contributed by atoms with Crippen LogP contribution in [-0.2, 0) is 9.59 Å². The number of amides is 1. The summed E-state index contributed by atoms with van der Waals surface area (Å²) in [5.41, 5.74) is 0.797. The Morgan fingerprint density at radius 3 is 2.59 bits per heavy atom. The van der Waals surface area contributed by atoms with Crippen molar-refractivity contribution in [3.05, 3.63) is 23.8 Å². The maximum atomic E-state index is 12.4. The van der Waals surface area contributed by atoms with Gasteiger partial charge >= 0.3 is 12.6 Å². The fourth-order valence-electron chi connectivity index (χ4n) is 2.66. The molecule has 0 spiro atoms. The summed E-state index contributed by atoms with van der Waals surface area (Å²) < 4.78 is 29.2. The first-order chi connectivity index (χ1) is 10.4. The van der Waals surface area contributed by atoms with Crippen LogP contribution in [0.2, 0.25) is 0 Å². The van der Waals surface area contributed by atoms with Gasteiger partial charge in [-0.3, -0.25) is 9.59 Å². The van der Waals surface area contributed by atoms with Gasteiger partial charge in [-0.15, -0.1) is 0 Å². The zero-order chi connectivity index (χ0) is 16.3. The SMILES string of the molecule is Cc1cccc(OC(F)F)c1NC(=O)[C@@H]1CC[C@H](C(=O)O)C1. The molecule has 120 valence electrons. The molecule has 1 saturated carbocycles. The first-order valence-corrected chi connectivity index (χ1v) is 6.96. The lowest BCUT2D eigenvalue weighted by molar-refractivity contribution is -0.141. The highest BCUT2D eigenvalue weighted by Crippen LogP contribution is 2.34. The molecular weight excluding hydrogens is 296 g/mol. The molecule has 1 aromatic carbocycles. The zero-order valence-electron chi connectivity index (χ0n) is 12.0. The monoisotopic (exact) mass is 313 g/mol. The highest BCUT2D eigenvalue weighted by Gasteiger charge is 2.34. The summed E-state index contributed by atoms with van der Waals surface area (Å²) in [6.07, 6.45) is 1.18. The van der Waals surface area contributed by atoms with Gasteiger partial charge in [0.1, 0.15) is 5.75 Å². The van der Waals surface area contributed by atoms with E-state index in [1.54, 1.807) is 19.1 Å². The molecular formula is C15H17F2NO4. The van der Waals surface area contributed by atoms with E-state index in [4.69, 9.17) is 5.11 Å². The molecule has 0 aromatic heterocycles. The predicted molar refractivity (Wildman–Crippen MR) is 74.9 cm³/mol. The first kappa shape index (κ1) is 16.2. The van der Waals surface area contributed by atoms with E-state index in [2.05, 4.69) is 10.1 Å². The number of carboxylic acids is 1. The van der Waals surface area contributed by atoms with Crippen LogP contribution in [0.5, 0.6) is 5.75 Å². The van der Waals surface area contributed by atoms with E-state index in [1.807, 2.05) is 0 Å². The lowest BCUT2D eigenvalue weighted by Crippen LogP contribution is -2.22. The molecule has 1 fully saturated rings. The van der Waals surface area contributed by atoms with Gasteiger partial charge < -0.3 is 15.2 Å². The van der Waals surface area contributed by atoms with Crippen LogP contribution in [0.1, 0.15) is 24.8 Å². The minimum Gasteiger partial charge on any atom is -0.481 e. The molecule has 2 rings (SSSR count). The van der Waals surface area contributed by atoms with Gasteiger partial charge in [0.2, 0.25) is 5.91 Å². The van der Waals surface area contributed by atoms with Crippen LogP contribution >= 0.6 is 0 Å². The number of nitrogens with one attached hydrogen (secondary N) is 1. The molecule has 0 heterocycles. The summed E-state index contributed by atoms with van der Waals surface area (Å²) >= 11 is 0. The van der Waals surface area contributed by atoms with Crippen molar-refractivity contribution in [3.63, 3.8) is 0 Å². The van der Waals surface area contributed by atoms with E-state index in [0.29, 0.717) is 18.4 Å². The van der Waals surface area contributed by atoms with Gasteiger partial charge in [0.25, 0.3) is 0 Å². The van der Waals surface area contributed by atoms with E-state index in [-0.39, 0.29) is 23.8 Å². The predicted octanol–water partition coefficient (Wildman–Crippen LogP) is 3.04. The number of para-hydroxylation sites is 1. The van der Waals surface area contributed by atoms with Gasteiger partial charge in [-0.25, -0.2) is 0 Å². The van der Waals surface area contributed by atoms with Crippen molar-refractivity contribution in [2.75, 3.05) is 5.32 Å². The summed E-state index contributed by atoms with van der Waals surface area (Å²) in [7, 11) is 0. The molecule has 1 aromatic rings. The molecule has 2 N–H and O–H groups in total. The Balaban J connectivity index is 2.10. The summed E-state index contributed by atoms with van der Waals surface area (Å²) in [4.78, 5) is 23.1. The van der Waals surface area contributed by atoms with Gasteiger partial charge in [-0.1, -0.05) is 12.1 Å². The number of ether oxygens (including phenoxy) is 1. The van der Waals surface area contributed by atoms with Gasteiger partial charge in [0.15, 0.2) is 0 Å². The van der Waals surface area contributed by atoms with Crippen LogP contribution in [-0.4, -0.2) is 23.6 Å². The Kier molecular flexibility index (Phi) is 4.95. The number of hydrogen-bond acceptors (Lipinski definition) is 3. The fourth-order valence-corrected chi connectivity index (χ4v) is 2.66. The molecule has 22 heavy (non-hydrogen) atoms. The quantitative estimate of drug-likeness (QED) is 0.876. The maximum Gasteiger partial charge on any atom is 0.387 e. The van der Waals surface area contributed by atoms with Gasteiger partial charge in [0, 0.05) is 5.92 Å². The summed E-state index contributed by atoms with van der Waals surface area (Å²) in [5.74, 6) is -2.33. The van der Waals surface area contributed by atoms with Crippen LogP contribution in [0.4, 0.5) is 14.5 Å². The van der Waals surface area contributed by atoms with Crippen molar-refractivity contribution >= 4 is 17.6 Å². The molecule has 0 saturated heterocycles. The minimum atomic E-state index is -2.99. The highest BCUT2D eigenvalue weighted by atomic mass is 19.3. The Morgan fingerprint density at radius 2 is 2.00 bits per heavy atom. The molecule has 2 atom stereocenters. The number of rotatable bonds is 5. The largest absolute Gasteiger partial charge is 0.481 e. The Hall–Kier alpha value is -2.18. The Bertz CT molecular complexity index is 577. The third-order valence-electron chi connectivity index (χ3n) is 3.85. The average molecular weight is 313 g/mol. The third kappa shape index (κ3) is 3.72. The van der Waals surface area contributed by atoms with Gasteiger partial charge in [-0.2, -0.15) is 8.78 Å². The normalized spacial score (nSPS) is 20.9. The summed E-state index contributed by atoms with van der Waals surface area (Å²) in [6, 6.07) is 4.57. The number of carboxylic acid groups (broad SMARTS) is 1. The van der Waals surface area contributed by atoms with E-state index < -0.39 is 24.4 Å².